The number of aliphatic carboxylic acids is 1. The molecule has 2 rings (SSSR count). The zero-order valence-electron chi connectivity index (χ0n) is 8.69. The van der Waals surface area contributed by atoms with E-state index in [4.69, 9.17) is 9.84 Å². The van der Waals surface area contributed by atoms with Gasteiger partial charge in [0, 0.05) is 7.11 Å². The summed E-state index contributed by atoms with van der Waals surface area (Å²) in [6.45, 7) is 0.531. The average molecular weight is 206 g/mol. The molecule has 0 bridgehead atoms. The van der Waals surface area contributed by atoms with E-state index in [9.17, 15) is 4.79 Å². The maximum absolute atomic E-state index is 11.1. The number of ether oxygens (including phenoxy) is 1. The van der Waals surface area contributed by atoms with Gasteiger partial charge < -0.3 is 9.84 Å². The molecule has 0 amide bonds. The maximum Gasteiger partial charge on any atom is 0.314 e. The molecule has 15 heavy (non-hydrogen) atoms. The van der Waals surface area contributed by atoms with Gasteiger partial charge in [-0.1, -0.05) is 24.3 Å². The number of hydrogen-bond acceptors (Lipinski definition) is 2. The van der Waals surface area contributed by atoms with E-state index in [1.54, 1.807) is 7.11 Å². The summed E-state index contributed by atoms with van der Waals surface area (Å²) >= 11 is 0. The lowest BCUT2D eigenvalue weighted by Crippen LogP contribution is -2.19. The van der Waals surface area contributed by atoms with Crippen LogP contribution in [0.5, 0.6) is 0 Å². The molecule has 1 aliphatic rings. The summed E-state index contributed by atoms with van der Waals surface area (Å²) in [5.74, 6) is -0.711. The molecule has 1 fully saturated rings. The molecule has 1 saturated carbocycles. The molecule has 1 aliphatic carbocycles. The summed E-state index contributed by atoms with van der Waals surface area (Å²) in [7, 11) is 1.64. The minimum absolute atomic E-state index is 0.531. The van der Waals surface area contributed by atoms with Gasteiger partial charge in [0.05, 0.1) is 12.0 Å². The normalized spacial score (nSPS) is 17.4. The molecular weight excluding hydrogens is 192 g/mol. The van der Waals surface area contributed by atoms with Crippen molar-refractivity contribution in [1.82, 2.24) is 0 Å². The third-order valence-electron chi connectivity index (χ3n) is 2.95. The van der Waals surface area contributed by atoms with Crippen LogP contribution in [0.4, 0.5) is 0 Å². The van der Waals surface area contributed by atoms with Crippen LogP contribution >= 0.6 is 0 Å². The van der Waals surface area contributed by atoms with Crippen molar-refractivity contribution in [2.75, 3.05) is 7.11 Å². The molecule has 1 aromatic carbocycles. The second kappa shape index (κ2) is 3.66. The van der Waals surface area contributed by atoms with Crippen LogP contribution in [-0.4, -0.2) is 18.2 Å². The van der Waals surface area contributed by atoms with Crippen molar-refractivity contribution < 1.29 is 14.6 Å². The number of methoxy groups -OCH3 is 1. The monoisotopic (exact) mass is 206 g/mol. The highest BCUT2D eigenvalue weighted by atomic mass is 16.5. The zero-order chi connectivity index (χ0) is 10.9. The third kappa shape index (κ3) is 1.75. The Labute approximate surface area is 88.7 Å². The Balaban J connectivity index is 2.29. The first-order valence-electron chi connectivity index (χ1n) is 5.01. The van der Waals surface area contributed by atoms with Crippen molar-refractivity contribution in [2.24, 2.45) is 0 Å². The van der Waals surface area contributed by atoms with Crippen molar-refractivity contribution in [3.63, 3.8) is 0 Å². The van der Waals surface area contributed by atoms with Crippen LogP contribution in [-0.2, 0) is 21.6 Å². The second-order valence-corrected chi connectivity index (χ2v) is 4.02. The quantitative estimate of drug-likeness (QED) is 0.819. The van der Waals surface area contributed by atoms with E-state index in [2.05, 4.69) is 0 Å². The van der Waals surface area contributed by atoms with E-state index in [0.29, 0.717) is 6.61 Å². The van der Waals surface area contributed by atoms with Crippen molar-refractivity contribution in [3.8, 4) is 0 Å². The van der Waals surface area contributed by atoms with Crippen LogP contribution in [0.15, 0.2) is 24.3 Å². The van der Waals surface area contributed by atoms with Crippen LogP contribution in [0.2, 0.25) is 0 Å². The Hall–Kier alpha value is -1.35. The predicted octanol–water partition coefficient (Wildman–Crippen LogP) is 1.95. The fraction of sp³-hybridized carbons (Fsp3) is 0.417. The molecule has 0 aliphatic heterocycles. The van der Waals surface area contributed by atoms with E-state index in [-0.39, 0.29) is 0 Å². The van der Waals surface area contributed by atoms with Gasteiger partial charge in [-0.05, 0) is 24.0 Å². The molecule has 3 heteroatoms. The largest absolute Gasteiger partial charge is 0.481 e. The van der Waals surface area contributed by atoms with Gasteiger partial charge in [-0.3, -0.25) is 4.79 Å². The molecule has 0 radical (unpaired) electrons. The van der Waals surface area contributed by atoms with E-state index in [0.717, 1.165) is 24.0 Å². The standard InChI is InChI=1S/C12H14O3/c1-15-8-9-3-2-4-10(7-9)12(5-6-12)11(13)14/h2-4,7H,5-6,8H2,1H3,(H,13,14). The molecule has 80 valence electrons. The summed E-state index contributed by atoms with van der Waals surface area (Å²) in [6.07, 6.45) is 1.50. The molecule has 0 atom stereocenters. The fourth-order valence-electron chi connectivity index (χ4n) is 1.88. The lowest BCUT2D eigenvalue weighted by molar-refractivity contribution is -0.140. The lowest BCUT2D eigenvalue weighted by atomic mass is 9.95. The molecule has 0 spiro atoms. The Morgan fingerprint density at radius 3 is 2.80 bits per heavy atom. The Morgan fingerprint density at radius 1 is 1.53 bits per heavy atom. The smallest absolute Gasteiger partial charge is 0.314 e. The molecule has 3 nitrogen and oxygen atoms in total. The minimum Gasteiger partial charge on any atom is -0.481 e. The number of carboxylic acids is 1. The highest BCUT2D eigenvalue weighted by Gasteiger charge is 2.51. The van der Waals surface area contributed by atoms with Crippen molar-refractivity contribution in [1.29, 1.82) is 0 Å². The predicted molar refractivity (Wildman–Crippen MR) is 55.7 cm³/mol. The van der Waals surface area contributed by atoms with Gasteiger partial charge in [-0.15, -0.1) is 0 Å². The summed E-state index contributed by atoms with van der Waals surface area (Å²) in [4.78, 5) is 11.1. The summed E-state index contributed by atoms with van der Waals surface area (Å²) in [5, 5.41) is 9.15. The third-order valence-corrected chi connectivity index (χ3v) is 2.95. The van der Waals surface area contributed by atoms with Gasteiger partial charge in [0.15, 0.2) is 0 Å². The number of carboxylic acid groups (broad SMARTS) is 1. The molecule has 0 aromatic heterocycles. The Kier molecular flexibility index (Phi) is 2.49. The first-order valence-corrected chi connectivity index (χ1v) is 5.01. The second-order valence-electron chi connectivity index (χ2n) is 4.02. The van der Waals surface area contributed by atoms with E-state index >= 15 is 0 Å². The molecule has 0 unspecified atom stereocenters. The number of hydrogen-bond donors (Lipinski definition) is 1. The van der Waals surface area contributed by atoms with Crippen LogP contribution in [0.1, 0.15) is 24.0 Å². The number of carbonyl (C=O) groups is 1. The van der Waals surface area contributed by atoms with Gasteiger partial charge >= 0.3 is 5.97 Å². The average Bonchev–Trinajstić information content (AvgIpc) is 2.99. The molecule has 1 N–H and O–H groups in total. The minimum atomic E-state index is -0.711. The van der Waals surface area contributed by atoms with Gasteiger partial charge in [0.1, 0.15) is 0 Å². The lowest BCUT2D eigenvalue weighted by Gasteiger charge is -2.11. The van der Waals surface area contributed by atoms with E-state index in [1.807, 2.05) is 24.3 Å². The summed E-state index contributed by atoms with van der Waals surface area (Å²) in [5.41, 5.74) is 1.33. The fourth-order valence-corrected chi connectivity index (χ4v) is 1.88. The Bertz CT molecular complexity index is 380. The van der Waals surface area contributed by atoms with Crippen LogP contribution in [0.3, 0.4) is 0 Å². The molecule has 0 heterocycles. The maximum atomic E-state index is 11.1. The van der Waals surface area contributed by atoms with E-state index in [1.165, 1.54) is 0 Å². The van der Waals surface area contributed by atoms with Crippen LogP contribution in [0, 0.1) is 0 Å². The number of benzene rings is 1. The van der Waals surface area contributed by atoms with Crippen molar-refractivity contribution >= 4 is 5.97 Å². The van der Waals surface area contributed by atoms with E-state index < -0.39 is 11.4 Å². The first-order chi connectivity index (χ1) is 7.19. The highest BCUT2D eigenvalue weighted by molar-refractivity contribution is 5.84. The Morgan fingerprint density at radius 2 is 2.27 bits per heavy atom. The topological polar surface area (TPSA) is 46.5 Å². The van der Waals surface area contributed by atoms with Crippen molar-refractivity contribution in [2.45, 2.75) is 24.9 Å². The molecule has 1 aromatic rings. The highest BCUT2D eigenvalue weighted by Crippen LogP contribution is 2.48. The van der Waals surface area contributed by atoms with Gasteiger partial charge in [0.2, 0.25) is 0 Å². The molecular formula is C12H14O3. The van der Waals surface area contributed by atoms with Gasteiger partial charge in [-0.25, -0.2) is 0 Å². The van der Waals surface area contributed by atoms with Gasteiger partial charge in [0.25, 0.3) is 0 Å². The van der Waals surface area contributed by atoms with Crippen LogP contribution in [0.25, 0.3) is 0 Å². The SMILES string of the molecule is COCc1cccc(C2(C(=O)O)CC2)c1. The van der Waals surface area contributed by atoms with Crippen LogP contribution < -0.4 is 0 Å². The summed E-state index contributed by atoms with van der Waals surface area (Å²) in [6, 6.07) is 7.67. The molecule has 0 saturated heterocycles. The first kappa shape index (κ1) is 10.2. The number of rotatable bonds is 4. The summed E-state index contributed by atoms with van der Waals surface area (Å²) < 4.78 is 5.03. The van der Waals surface area contributed by atoms with Crippen molar-refractivity contribution in [3.05, 3.63) is 35.4 Å². The zero-order valence-corrected chi connectivity index (χ0v) is 8.69. The van der Waals surface area contributed by atoms with Gasteiger partial charge in [-0.2, -0.15) is 0 Å².